The zero-order valence-corrected chi connectivity index (χ0v) is 13.5. The molecule has 0 aliphatic carbocycles. The lowest BCUT2D eigenvalue weighted by atomic mass is 10.1. The van der Waals surface area contributed by atoms with E-state index >= 15 is 0 Å². The molecule has 26 heavy (non-hydrogen) atoms. The average molecular weight is 368 g/mol. The van der Waals surface area contributed by atoms with Crippen molar-refractivity contribution in [3.63, 3.8) is 0 Å². The molecule has 0 atom stereocenters. The summed E-state index contributed by atoms with van der Waals surface area (Å²) in [5.41, 5.74) is -0.529. The van der Waals surface area contributed by atoms with E-state index in [-0.39, 0.29) is 17.9 Å². The Morgan fingerprint density at radius 2 is 2.19 bits per heavy atom. The Labute approximate surface area is 146 Å². The van der Waals surface area contributed by atoms with E-state index in [9.17, 15) is 23.7 Å². The van der Waals surface area contributed by atoms with Crippen molar-refractivity contribution >= 4 is 17.7 Å². The van der Waals surface area contributed by atoms with E-state index in [0.717, 1.165) is 18.2 Å². The van der Waals surface area contributed by atoms with Crippen LogP contribution >= 0.6 is 0 Å². The fourth-order valence-corrected chi connectivity index (χ4v) is 2.02. The van der Waals surface area contributed by atoms with E-state index in [1.807, 2.05) is 0 Å². The summed E-state index contributed by atoms with van der Waals surface area (Å²) in [6.07, 6.45) is 3.69. The highest BCUT2D eigenvalue weighted by atomic mass is 19.3. The number of benzene rings is 1. The third-order valence-corrected chi connectivity index (χ3v) is 3.16. The number of carbonyl (C=O) groups is 1. The molecule has 138 valence electrons. The predicted molar refractivity (Wildman–Crippen MR) is 85.9 cm³/mol. The maximum atomic E-state index is 12.4. The van der Waals surface area contributed by atoms with Crippen molar-refractivity contribution < 1.29 is 32.4 Å². The number of nitro groups is 1. The van der Waals surface area contributed by atoms with Gasteiger partial charge in [-0.1, -0.05) is 0 Å². The number of alkyl halides is 2. The van der Waals surface area contributed by atoms with E-state index in [0.29, 0.717) is 5.76 Å². The minimum Gasteiger partial charge on any atom is -0.493 e. The number of nitrogens with one attached hydrogen (secondary N) is 1. The number of furan rings is 1. The van der Waals surface area contributed by atoms with Gasteiger partial charge in [0, 0.05) is 6.08 Å². The van der Waals surface area contributed by atoms with Gasteiger partial charge in [-0.3, -0.25) is 14.9 Å². The molecule has 0 saturated heterocycles. The number of rotatable bonds is 8. The van der Waals surface area contributed by atoms with E-state index in [1.54, 1.807) is 12.1 Å². The lowest BCUT2D eigenvalue weighted by Crippen LogP contribution is -2.19. The van der Waals surface area contributed by atoms with Crippen molar-refractivity contribution in [1.29, 1.82) is 0 Å². The van der Waals surface area contributed by atoms with Gasteiger partial charge in [0.2, 0.25) is 5.91 Å². The van der Waals surface area contributed by atoms with E-state index in [2.05, 4.69) is 10.1 Å². The van der Waals surface area contributed by atoms with Crippen LogP contribution in [-0.2, 0) is 11.3 Å². The summed E-state index contributed by atoms with van der Waals surface area (Å²) in [5, 5.41) is 13.7. The largest absolute Gasteiger partial charge is 0.493 e. The molecule has 0 spiro atoms. The van der Waals surface area contributed by atoms with Crippen molar-refractivity contribution in [1.82, 2.24) is 5.32 Å². The fourth-order valence-electron chi connectivity index (χ4n) is 2.02. The van der Waals surface area contributed by atoms with Crippen molar-refractivity contribution in [2.24, 2.45) is 0 Å². The number of halogens is 2. The van der Waals surface area contributed by atoms with Crippen molar-refractivity contribution in [3.05, 3.63) is 58.0 Å². The highest BCUT2D eigenvalue weighted by Gasteiger charge is 2.20. The number of methoxy groups -OCH3 is 1. The maximum absolute atomic E-state index is 12.4. The van der Waals surface area contributed by atoms with Gasteiger partial charge in [0.1, 0.15) is 5.76 Å². The molecule has 0 bridgehead atoms. The molecule has 0 unspecified atom stereocenters. The van der Waals surface area contributed by atoms with Crippen LogP contribution in [0.3, 0.4) is 0 Å². The second-order valence-corrected chi connectivity index (χ2v) is 4.83. The minimum absolute atomic E-state index is 0.0124. The highest BCUT2D eigenvalue weighted by molar-refractivity contribution is 5.92. The molecule has 1 heterocycles. The van der Waals surface area contributed by atoms with Gasteiger partial charge in [-0.2, -0.15) is 8.78 Å². The van der Waals surface area contributed by atoms with E-state index < -0.39 is 28.9 Å². The molecule has 2 aromatic rings. The summed E-state index contributed by atoms with van der Waals surface area (Å²) in [5.74, 6) is -0.601. The Hall–Kier alpha value is -3.43. The third kappa shape index (κ3) is 5.03. The molecule has 1 amide bonds. The molecule has 0 saturated carbocycles. The Bertz CT molecular complexity index is 805. The van der Waals surface area contributed by atoms with Gasteiger partial charge in [-0.25, -0.2) is 0 Å². The Balaban J connectivity index is 2.20. The number of carbonyl (C=O) groups excluding carboxylic acids is 1. The minimum atomic E-state index is -3.17. The second-order valence-electron chi connectivity index (χ2n) is 4.83. The Kier molecular flexibility index (Phi) is 6.25. The van der Waals surface area contributed by atoms with Gasteiger partial charge in [-0.05, 0) is 24.3 Å². The van der Waals surface area contributed by atoms with Crippen molar-refractivity contribution in [2.45, 2.75) is 13.2 Å². The molecule has 1 N–H and O–H groups in total. The molecule has 0 fully saturated rings. The first-order chi connectivity index (χ1) is 12.4. The summed E-state index contributed by atoms with van der Waals surface area (Å²) in [6, 6.07) is 5.27. The third-order valence-electron chi connectivity index (χ3n) is 3.16. The first-order valence-electron chi connectivity index (χ1n) is 7.20. The number of hydrogen-bond donors (Lipinski definition) is 1. The van der Waals surface area contributed by atoms with Gasteiger partial charge in [0.15, 0.2) is 11.5 Å². The SMILES string of the molecule is COc1cc(/C=C/C(=O)NCc2ccco2)c([N+](=O)[O-])cc1OC(F)F. The van der Waals surface area contributed by atoms with Gasteiger partial charge in [-0.15, -0.1) is 0 Å². The Morgan fingerprint density at radius 3 is 2.77 bits per heavy atom. The summed E-state index contributed by atoms with van der Waals surface area (Å²) in [4.78, 5) is 22.2. The van der Waals surface area contributed by atoms with Gasteiger partial charge in [0.25, 0.3) is 5.69 Å². The van der Waals surface area contributed by atoms with Crippen LogP contribution in [0.25, 0.3) is 6.08 Å². The summed E-state index contributed by atoms with van der Waals surface area (Å²) in [7, 11) is 1.20. The molecule has 0 aliphatic rings. The van der Waals surface area contributed by atoms with Gasteiger partial charge < -0.3 is 19.2 Å². The van der Waals surface area contributed by atoms with Crippen LogP contribution in [0.15, 0.2) is 41.0 Å². The zero-order chi connectivity index (χ0) is 19.1. The Morgan fingerprint density at radius 1 is 1.42 bits per heavy atom. The number of nitro benzene ring substituents is 1. The summed E-state index contributed by atoms with van der Waals surface area (Å²) >= 11 is 0. The number of nitrogens with zero attached hydrogens (tertiary/aromatic N) is 1. The molecule has 0 aliphatic heterocycles. The smallest absolute Gasteiger partial charge is 0.387 e. The molecule has 8 nitrogen and oxygen atoms in total. The van der Waals surface area contributed by atoms with Crippen molar-refractivity contribution in [2.75, 3.05) is 7.11 Å². The summed E-state index contributed by atoms with van der Waals surface area (Å²) in [6.45, 7) is -3.03. The molecular weight excluding hydrogens is 354 g/mol. The molecule has 2 rings (SSSR count). The van der Waals surface area contributed by atoms with E-state index in [1.165, 1.54) is 19.4 Å². The fraction of sp³-hybridized carbons (Fsp3) is 0.188. The first-order valence-corrected chi connectivity index (χ1v) is 7.20. The lowest BCUT2D eigenvalue weighted by molar-refractivity contribution is -0.385. The highest BCUT2D eigenvalue weighted by Crippen LogP contribution is 2.36. The van der Waals surface area contributed by atoms with Gasteiger partial charge in [0.05, 0.1) is 36.5 Å². The first kappa shape index (κ1) is 18.9. The number of hydrogen-bond acceptors (Lipinski definition) is 6. The topological polar surface area (TPSA) is 104 Å². The average Bonchev–Trinajstić information content (AvgIpc) is 3.11. The zero-order valence-electron chi connectivity index (χ0n) is 13.5. The number of amides is 1. The predicted octanol–water partition coefficient (Wildman–Crippen LogP) is 3.13. The van der Waals surface area contributed by atoms with Crippen molar-refractivity contribution in [3.8, 4) is 11.5 Å². The quantitative estimate of drug-likeness (QED) is 0.436. The molecule has 10 heteroatoms. The van der Waals surface area contributed by atoms with Crippen LogP contribution in [0.5, 0.6) is 11.5 Å². The van der Waals surface area contributed by atoms with Crippen LogP contribution in [0, 0.1) is 10.1 Å². The normalized spacial score (nSPS) is 10.9. The van der Waals surface area contributed by atoms with Gasteiger partial charge >= 0.3 is 6.61 Å². The standard InChI is InChI=1S/C16H14F2N2O6/c1-24-13-7-10(12(20(22)23)8-14(13)26-16(17)18)4-5-15(21)19-9-11-3-2-6-25-11/h2-8,16H,9H2,1H3,(H,19,21)/b5-4+. The molecular formula is C16H14F2N2O6. The van der Waals surface area contributed by atoms with E-state index in [4.69, 9.17) is 9.15 Å². The van der Waals surface area contributed by atoms with Crippen LogP contribution in [0.2, 0.25) is 0 Å². The van der Waals surface area contributed by atoms with Crippen LogP contribution in [0.4, 0.5) is 14.5 Å². The maximum Gasteiger partial charge on any atom is 0.387 e. The molecule has 1 aromatic carbocycles. The lowest BCUT2D eigenvalue weighted by Gasteiger charge is -2.10. The second kappa shape index (κ2) is 8.60. The van der Waals surface area contributed by atoms with Crippen LogP contribution in [-0.4, -0.2) is 24.6 Å². The number of ether oxygens (including phenoxy) is 2. The molecule has 1 aromatic heterocycles. The monoisotopic (exact) mass is 368 g/mol. The summed E-state index contributed by atoms with van der Waals surface area (Å²) < 4.78 is 39.0. The van der Waals surface area contributed by atoms with Crippen LogP contribution in [0.1, 0.15) is 11.3 Å². The van der Waals surface area contributed by atoms with Crippen LogP contribution < -0.4 is 14.8 Å². The molecule has 0 radical (unpaired) electrons.